The van der Waals surface area contributed by atoms with Gasteiger partial charge in [0.1, 0.15) is 12.4 Å². The van der Waals surface area contributed by atoms with Crippen molar-refractivity contribution in [3.63, 3.8) is 0 Å². The number of benzene rings is 3. The van der Waals surface area contributed by atoms with Gasteiger partial charge >= 0.3 is 0 Å². The molecule has 3 heteroatoms. The molecule has 34 heavy (non-hydrogen) atoms. The Hall–Kier alpha value is -3.33. The van der Waals surface area contributed by atoms with Crippen molar-refractivity contribution in [1.82, 2.24) is 4.90 Å². The summed E-state index contributed by atoms with van der Waals surface area (Å²) in [6.45, 7) is 2.23. The highest BCUT2D eigenvalue weighted by Gasteiger charge is 2.19. The highest BCUT2D eigenvalue weighted by atomic mass is 16.5. The maximum Gasteiger partial charge on any atom is 0.160 e. The van der Waals surface area contributed by atoms with Gasteiger partial charge in [-0.3, -0.25) is 4.79 Å². The van der Waals surface area contributed by atoms with E-state index in [-0.39, 0.29) is 11.7 Å². The van der Waals surface area contributed by atoms with Crippen molar-refractivity contribution in [3.8, 4) is 5.75 Å². The third-order valence-electron chi connectivity index (χ3n) is 6.55. The monoisotopic (exact) mass is 453 g/mol. The lowest BCUT2D eigenvalue weighted by Crippen LogP contribution is -2.21. The van der Waals surface area contributed by atoms with E-state index in [1.807, 2.05) is 48.7 Å². The summed E-state index contributed by atoms with van der Waals surface area (Å²) in [7, 11) is 0. The second-order valence-corrected chi connectivity index (χ2v) is 9.18. The summed E-state index contributed by atoms with van der Waals surface area (Å²) in [5.41, 5.74) is 3.68. The molecule has 0 amide bonds. The molecule has 0 aromatic heterocycles. The smallest absolute Gasteiger partial charge is 0.160 e. The SMILES string of the molecule is O=C(/C=C/N(CCc1ccc(OCc2ccccc2)cc1)Cc1ccccc1)C1CCCCC1. The molecule has 0 radical (unpaired) electrons. The summed E-state index contributed by atoms with van der Waals surface area (Å²) in [6.07, 6.45) is 10.5. The lowest BCUT2D eigenvalue weighted by molar-refractivity contribution is -0.119. The van der Waals surface area contributed by atoms with E-state index >= 15 is 0 Å². The van der Waals surface area contributed by atoms with Crippen molar-refractivity contribution < 1.29 is 9.53 Å². The van der Waals surface area contributed by atoms with Gasteiger partial charge < -0.3 is 9.64 Å². The number of allylic oxidation sites excluding steroid dienone is 1. The fourth-order valence-electron chi connectivity index (χ4n) is 4.49. The van der Waals surface area contributed by atoms with Crippen LogP contribution in [0.2, 0.25) is 0 Å². The molecule has 1 fully saturated rings. The van der Waals surface area contributed by atoms with E-state index in [0.717, 1.165) is 43.7 Å². The first-order chi connectivity index (χ1) is 16.8. The standard InChI is InChI=1S/C31H35NO2/c33-31(29-14-8-3-9-15-29)21-23-32(24-27-10-4-1-5-11-27)22-20-26-16-18-30(19-17-26)34-25-28-12-6-2-7-13-28/h1-2,4-7,10-13,16-19,21,23,29H,3,8-9,14-15,20,22,24-25H2/b23-21+. The van der Waals surface area contributed by atoms with Gasteiger partial charge in [0.2, 0.25) is 0 Å². The number of ether oxygens (including phenoxy) is 1. The molecule has 1 aliphatic rings. The fourth-order valence-corrected chi connectivity index (χ4v) is 4.49. The normalized spacial score (nSPS) is 14.2. The summed E-state index contributed by atoms with van der Waals surface area (Å²) in [5, 5.41) is 0. The Balaban J connectivity index is 1.33. The molecule has 0 spiro atoms. The summed E-state index contributed by atoms with van der Waals surface area (Å²) in [4.78, 5) is 15.0. The summed E-state index contributed by atoms with van der Waals surface area (Å²) in [5.74, 6) is 1.39. The first kappa shape index (κ1) is 23.8. The molecule has 0 heterocycles. The third-order valence-corrected chi connectivity index (χ3v) is 6.55. The minimum atomic E-state index is 0.215. The number of hydrogen-bond donors (Lipinski definition) is 0. The van der Waals surface area contributed by atoms with E-state index in [9.17, 15) is 4.79 Å². The molecule has 0 saturated heterocycles. The number of carbonyl (C=O) groups excluding carboxylic acids is 1. The van der Waals surface area contributed by atoms with Crippen LogP contribution >= 0.6 is 0 Å². The van der Waals surface area contributed by atoms with Crippen LogP contribution in [0.3, 0.4) is 0 Å². The van der Waals surface area contributed by atoms with Gasteiger partial charge in [0.05, 0.1) is 0 Å². The topological polar surface area (TPSA) is 29.5 Å². The van der Waals surface area contributed by atoms with Gasteiger partial charge in [-0.1, -0.05) is 92.1 Å². The minimum Gasteiger partial charge on any atom is -0.489 e. The molecule has 0 N–H and O–H groups in total. The largest absolute Gasteiger partial charge is 0.489 e. The van der Waals surface area contributed by atoms with E-state index < -0.39 is 0 Å². The lowest BCUT2D eigenvalue weighted by atomic mass is 9.86. The zero-order valence-electron chi connectivity index (χ0n) is 19.9. The number of nitrogens with zero attached hydrogens (tertiary/aromatic N) is 1. The van der Waals surface area contributed by atoms with Crippen LogP contribution in [0.25, 0.3) is 0 Å². The molecular formula is C31H35NO2. The zero-order chi connectivity index (χ0) is 23.4. The second-order valence-electron chi connectivity index (χ2n) is 9.18. The molecule has 0 bridgehead atoms. The molecule has 3 aromatic rings. The number of ketones is 1. The quantitative estimate of drug-likeness (QED) is 0.294. The van der Waals surface area contributed by atoms with Crippen LogP contribution in [0.1, 0.15) is 48.8 Å². The van der Waals surface area contributed by atoms with Gasteiger partial charge in [-0.15, -0.1) is 0 Å². The number of hydrogen-bond acceptors (Lipinski definition) is 3. The number of rotatable bonds is 11. The molecule has 0 aliphatic heterocycles. The van der Waals surface area contributed by atoms with Gasteiger partial charge in [0.15, 0.2) is 5.78 Å². The van der Waals surface area contributed by atoms with E-state index in [0.29, 0.717) is 6.61 Å². The zero-order valence-corrected chi connectivity index (χ0v) is 19.9. The first-order valence-electron chi connectivity index (χ1n) is 12.5. The van der Waals surface area contributed by atoms with Gasteiger partial charge in [0, 0.05) is 25.2 Å². The highest BCUT2D eigenvalue weighted by molar-refractivity contribution is 5.91. The Bertz CT molecular complexity index is 1020. The van der Waals surface area contributed by atoms with Crippen molar-refractivity contribution in [2.75, 3.05) is 6.54 Å². The average Bonchev–Trinajstić information content (AvgIpc) is 2.91. The van der Waals surface area contributed by atoms with E-state index in [1.54, 1.807) is 0 Å². The van der Waals surface area contributed by atoms with Crippen molar-refractivity contribution in [2.24, 2.45) is 5.92 Å². The maximum absolute atomic E-state index is 12.7. The Labute approximate surface area is 204 Å². The molecule has 3 nitrogen and oxygen atoms in total. The molecule has 1 saturated carbocycles. The minimum absolute atomic E-state index is 0.215. The third kappa shape index (κ3) is 7.62. The average molecular weight is 454 g/mol. The Morgan fingerprint density at radius 1 is 0.794 bits per heavy atom. The summed E-state index contributed by atoms with van der Waals surface area (Å²) >= 11 is 0. The van der Waals surface area contributed by atoms with Crippen molar-refractivity contribution >= 4 is 5.78 Å². The first-order valence-corrected chi connectivity index (χ1v) is 12.5. The summed E-state index contributed by atoms with van der Waals surface area (Å²) < 4.78 is 5.92. The van der Waals surface area contributed by atoms with Crippen LogP contribution in [0.5, 0.6) is 5.75 Å². The van der Waals surface area contributed by atoms with Crippen LogP contribution in [0.15, 0.2) is 97.2 Å². The number of carbonyl (C=O) groups is 1. The predicted octanol–water partition coefficient (Wildman–Crippen LogP) is 6.97. The molecule has 3 aromatic carbocycles. The Morgan fingerprint density at radius 3 is 2.12 bits per heavy atom. The van der Waals surface area contributed by atoms with Gasteiger partial charge in [-0.25, -0.2) is 0 Å². The Morgan fingerprint density at radius 2 is 1.44 bits per heavy atom. The fraction of sp³-hybridized carbons (Fsp3) is 0.323. The van der Waals surface area contributed by atoms with E-state index in [2.05, 4.69) is 53.4 Å². The van der Waals surface area contributed by atoms with Gasteiger partial charge in [-0.05, 0) is 54.2 Å². The Kier molecular flexibility index (Phi) is 8.96. The van der Waals surface area contributed by atoms with Crippen LogP contribution in [-0.2, 0) is 24.4 Å². The van der Waals surface area contributed by atoms with Crippen molar-refractivity contribution in [2.45, 2.75) is 51.7 Å². The van der Waals surface area contributed by atoms with Gasteiger partial charge in [0.25, 0.3) is 0 Å². The molecule has 4 rings (SSSR count). The van der Waals surface area contributed by atoms with Crippen LogP contribution in [-0.4, -0.2) is 17.2 Å². The molecule has 1 aliphatic carbocycles. The van der Waals surface area contributed by atoms with E-state index in [4.69, 9.17) is 4.74 Å². The molecule has 176 valence electrons. The molecule has 0 unspecified atom stereocenters. The van der Waals surface area contributed by atoms with Crippen molar-refractivity contribution in [1.29, 1.82) is 0 Å². The van der Waals surface area contributed by atoms with Crippen molar-refractivity contribution in [3.05, 3.63) is 114 Å². The lowest BCUT2D eigenvalue weighted by Gasteiger charge is -2.22. The maximum atomic E-state index is 12.7. The summed E-state index contributed by atoms with van der Waals surface area (Å²) in [6, 6.07) is 29.0. The highest BCUT2D eigenvalue weighted by Crippen LogP contribution is 2.24. The molecular weight excluding hydrogens is 418 g/mol. The van der Waals surface area contributed by atoms with Crippen LogP contribution < -0.4 is 4.74 Å². The van der Waals surface area contributed by atoms with Crippen LogP contribution in [0.4, 0.5) is 0 Å². The van der Waals surface area contributed by atoms with Gasteiger partial charge in [-0.2, -0.15) is 0 Å². The van der Waals surface area contributed by atoms with E-state index in [1.165, 1.54) is 30.4 Å². The predicted molar refractivity (Wildman–Crippen MR) is 138 cm³/mol. The van der Waals surface area contributed by atoms with Crippen LogP contribution in [0, 0.1) is 5.92 Å². The second kappa shape index (κ2) is 12.8. The molecule has 0 atom stereocenters.